The molecular formula is C17H23N5O3S. The minimum atomic E-state index is -0.498. The molecule has 4 rings (SSSR count). The number of thiazole rings is 1. The van der Waals surface area contributed by atoms with Crippen molar-refractivity contribution in [1.29, 1.82) is 0 Å². The maximum absolute atomic E-state index is 12.6. The van der Waals surface area contributed by atoms with Gasteiger partial charge in [-0.05, 0) is 25.7 Å². The van der Waals surface area contributed by atoms with E-state index >= 15 is 0 Å². The van der Waals surface area contributed by atoms with Crippen LogP contribution < -0.4 is 21.5 Å². The molecule has 2 aliphatic rings. The third-order valence-corrected chi connectivity index (χ3v) is 6.36. The Morgan fingerprint density at radius 1 is 1.19 bits per heavy atom. The highest BCUT2D eigenvalue weighted by Crippen LogP contribution is 2.28. The number of rotatable bonds is 4. The lowest BCUT2D eigenvalue weighted by atomic mass is 10.2. The lowest BCUT2D eigenvalue weighted by Gasteiger charge is -2.13. The van der Waals surface area contributed by atoms with Gasteiger partial charge in [0.2, 0.25) is 5.91 Å². The quantitative estimate of drug-likeness (QED) is 0.852. The van der Waals surface area contributed by atoms with Crippen LogP contribution in [0.25, 0.3) is 10.3 Å². The van der Waals surface area contributed by atoms with Gasteiger partial charge in [0.1, 0.15) is 11.2 Å². The second-order valence-electron chi connectivity index (χ2n) is 7.13. The first-order valence-corrected chi connectivity index (χ1v) is 10.0. The molecule has 0 bridgehead atoms. The van der Waals surface area contributed by atoms with Crippen LogP contribution >= 0.6 is 11.3 Å². The summed E-state index contributed by atoms with van der Waals surface area (Å²) in [5.74, 6) is -0.199. The molecule has 1 saturated carbocycles. The van der Waals surface area contributed by atoms with E-state index in [0.29, 0.717) is 10.3 Å². The Morgan fingerprint density at radius 2 is 1.88 bits per heavy atom. The second kappa shape index (κ2) is 6.86. The Bertz CT molecular complexity index is 948. The van der Waals surface area contributed by atoms with Crippen LogP contribution in [0.2, 0.25) is 0 Å². The minimum absolute atomic E-state index is 0.108. The number of anilines is 1. The van der Waals surface area contributed by atoms with Gasteiger partial charge in [-0.3, -0.25) is 18.7 Å². The standard InChI is InChI=1S/C17H23N5O3S/c1-20-15(24)13-14(19-16(26-13)21-8-4-5-9-21)22(17(20)25)10-12(23)18-11-6-2-3-7-11/h11H,2-10H2,1H3,(H,18,23). The summed E-state index contributed by atoms with van der Waals surface area (Å²) in [4.78, 5) is 44.2. The molecule has 2 aromatic rings. The smallest absolute Gasteiger partial charge is 0.332 e. The summed E-state index contributed by atoms with van der Waals surface area (Å²) in [6.45, 7) is 1.71. The Balaban J connectivity index is 1.71. The fourth-order valence-corrected chi connectivity index (χ4v) is 4.91. The lowest BCUT2D eigenvalue weighted by molar-refractivity contribution is -0.122. The third-order valence-electron chi connectivity index (χ3n) is 5.27. The Kier molecular flexibility index (Phi) is 4.56. The van der Waals surface area contributed by atoms with Gasteiger partial charge in [0.15, 0.2) is 10.8 Å². The topological polar surface area (TPSA) is 89.2 Å². The molecule has 8 nitrogen and oxygen atoms in total. The Morgan fingerprint density at radius 3 is 2.58 bits per heavy atom. The Labute approximate surface area is 154 Å². The zero-order chi connectivity index (χ0) is 18.3. The summed E-state index contributed by atoms with van der Waals surface area (Å²) < 4.78 is 2.83. The normalized spacial score (nSPS) is 18.1. The van der Waals surface area contributed by atoms with Crippen molar-refractivity contribution in [1.82, 2.24) is 19.4 Å². The van der Waals surface area contributed by atoms with Crippen LogP contribution in [-0.2, 0) is 18.4 Å². The molecule has 3 heterocycles. The number of hydrogen-bond acceptors (Lipinski definition) is 6. The van der Waals surface area contributed by atoms with Gasteiger partial charge in [-0.15, -0.1) is 0 Å². The van der Waals surface area contributed by atoms with Crippen molar-refractivity contribution in [3.05, 3.63) is 20.8 Å². The van der Waals surface area contributed by atoms with Crippen LogP contribution in [0.5, 0.6) is 0 Å². The van der Waals surface area contributed by atoms with Crippen LogP contribution in [0.1, 0.15) is 38.5 Å². The highest BCUT2D eigenvalue weighted by molar-refractivity contribution is 7.22. The molecule has 26 heavy (non-hydrogen) atoms. The SMILES string of the molecule is Cn1c(=O)c2sc(N3CCCC3)nc2n(CC(=O)NC2CCCC2)c1=O. The molecule has 1 saturated heterocycles. The largest absolute Gasteiger partial charge is 0.352 e. The van der Waals surface area contributed by atoms with Gasteiger partial charge in [0, 0.05) is 26.2 Å². The summed E-state index contributed by atoms with van der Waals surface area (Å²) in [6, 6.07) is 0.191. The van der Waals surface area contributed by atoms with Crippen LogP contribution in [0.3, 0.4) is 0 Å². The predicted molar refractivity (Wildman–Crippen MR) is 101 cm³/mol. The molecule has 140 valence electrons. The van der Waals surface area contributed by atoms with Gasteiger partial charge in [-0.25, -0.2) is 9.78 Å². The van der Waals surface area contributed by atoms with Gasteiger partial charge in [-0.1, -0.05) is 24.2 Å². The third kappa shape index (κ3) is 3.04. The number of nitrogens with one attached hydrogen (secondary N) is 1. The molecule has 1 aliphatic carbocycles. The van der Waals surface area contributed by atoms with E-state index < -0.39 is 5.69 Å². The van der Waals surface area contributed by atoms with Crippen molar-refractivity contribution >= 4 is 32.7 Å². The molecule has 0 radical (unpaired) electrons. The molecule has 1 N–H and O–H groups in total. The minimum Gasteiger partial charge on any atom is -0.352 e. The molecule has 9 heteroatoms. The monoisotopic (exact) mass is 377 g/mol. The highest BCUT2D eigenvalue weighted by Gasteiger charge is 2.23. The first kappa shape index (κ1) is 17.3. The number of amides is 1. The number of aromatic nitrogens is 3. The lowest BCUT2D eigenvalue weighted by Crippen LogP contribution is -2.42. The molecule has 2 aromatic heterocycles. The maximum atomic E-state index is 12.6. The van der Waals surface area contributed by atoms with Crippen LogP contribution in [-0.4, -0.2) is 39.2 Å². The molecule has 1 aliphatic heterocycles. The van der Waals surface area contributed by atoms with E-state index in [1.807, 2.05) is 0 Å². The maximum Gasteiger partial charge on any atom is 0.332 e. The summed E-state index contributed by atoms with van der Waals surface area (Å²) in [5.41, 5.74) is -0.519. The summed E-state index contributed by atoms with van der Waals surface area (Å²) in [5, 5.41) is 3.75. The molecule has 0 atom stereocenters. The van der Waals surface area contributed by atoms with Gasteiger partial charge in [0.05, 0.1) is 0 Å². The molecule has 1 amide bonds. The van der Waals surface area contributed by atoms with E-state index in [9.17, 15) is 14.4 Å². The van der Waals surface area contributed by atoms with E-state index in [-0.39, 0.29) is 24.1 Å². The first-order chi connectivity index (χ1) is 12.5. The molecule has 0 spiro atoms. The Hall–Kier alpha value is -2.16. The van der Waals surface area contributed by atoms with Crippen molar-refractivity contribution in [2.75, 3.05) is 18.0 Å². The average molecular weight is 377 g/mol. The van der Waals surface area contributed by atoms with E-state index in [4.69, 9.17) is 0 Å². The number of carbonyl (C=O) groups is 1. The van der Waals surface area contributed by atoms with Gasteiger partial charge >= 0.3 is 5.69 Å². The number of nitrogens with zero attached hydrogens (tertiary/aromatic N) is 4. The summed E-state index contributed by atoms with van der Waals surface area (Å²) in [6.07, 6.45) is 6.42. The van der Waals surface area contributed by atoms with Crippen molar-refractivity contribution in [2.45, 2.75) is 51.1 Å². The van der Waals surface area contributed by atoms with Crippen molar-refractivity contribution < 1.29 is 4.79 Å². The predicted octanol–water partition coefficient (Wildman–Crippen LogP) is 0.816. The van der Waals surface area contributed by atoms with E-state index in [1.165, 1.54) is 23.0 Å². The number of fused-ring (bicyclic) bond motifs is 1. The van der Waals surface area contributed by atoms with Crippen LogP contribution in [0, 0.1) is 0 Å². The van der Waals surface area contributed by atoms with Crippen molar-refractivity contribution in [3.63, 3.8) is 0 Å². The zero-order valence-electron chi connectivity index (χ0n) is 14.9. The first-order valence-electron chi connectivity index (χ1n) is 9.19. The van der Waals surface area contributed by atoms with Gasteiger partial charge < -0.3 is 10.2 Å². The molecule has 2 fully saturated rings. The number of carbonyl (C=O) groups excluding carboxylic acids is 1. The van der Waals surface area contributed by atoms with E-state index in [2.05, 4.69) is 15.2 Å². The highest BCUT2D eigenvalue weighted by atomic mass is 32.1. The molecule has 0 unspecified atom stereocenters. The molecular weight excluding hydrogens is 354 g/mol. The average Bonchev–Trinajstić information content (AvgIpc) is 3.37. The summed E-state index contributed by atoms with van der Waals surface area (Å²) >= 11 is 1.31. The fourth-order valence-electron chi connectivity index (χ4n) is 3.81. The van der Waals surface area contributed by atoms with Gasteiger partial charge in [-0.2, -0.15) is 0 Å². The van der Waals surface area contributed by atoms with Crippen LogP contribution in [0.15, 0.2) is 9.59 Å². The zero-order valence-corrected chi connectivity index (χ0v) is 15.7. The van der Waals surface area contributed by atoms with E-state index in [1.54, 1.807) is 0 Å². The fraction of sp³-hybridized carbons (Fsp3) is 0.647. The number of hydrogen-bond donors (Lipinski definition) is 1. The van der Waals surface area contributed by atoms with Crippen LogP contribution in [0.4, 0.5) is 5.13 Å². The van der Waals surface area contributed by atoms with Crippen molar-refractivity contribution in [3.8, 4) is 0 Å². The van der Waals surface area contributed by atoms with Crippen molar-refractivity contribution in [2.24, 2.45) is 7.05 Å². The second-order valence-corrected chi connectivity index (χ2v) is 8.10. The van der Waals surface area contributed by atoms with E-state index in [0.717, 1.165) is 61.3 Å². The van der Waals surface area contributed by atoms with Gasteiger partial charge in [0.25, 0.3) is 5.56 Å². The molecule has 0 aromatic carbocycles. The summed E-state index contributed by atoms with van der Waals surface area (Å²) in [7, 11) is 1.45.